The predicted molar refractivity (Wildman–Crippen MR) is 126 cm³/mol. The summed E-state index contributed by atoms with van der Waals surface area (Å²) in [5, 5.41) is 6.07. The van der Waals surface area contributed by atoms with Crippen molar-refractivity contribution in [1.82, 2.24) is 0 Å². The van der Waals surface area contributed by atoms with E-state index in [0.717, 1.165) is 0 Å². The van der Waals surface area contributed by atoms with Crippen LogP contribution in [0.3, 0.4) is 0 Å². The maximum Gasteiger partial charge on any atom is 0.0775 e. The van der Waals surface area contributed by atoms with Crippen LogP contribution in [0.4, 0.5) is 0 Å². The number of hydrogen-bond donors (Lipinski definition) is 0. The van der Waals surface area contributed by atoms with Gasteiger partial charge in [0.05, 0.1) is 8.07 Å². The number of benzene rings is 2. The second-order valence-electron chi connectivity index (χ2n) is 9.15. The van der Waals surface area contributed by atoms with Crippen molar-refractivity contribution in [3.05, 3.63) is 41.5 Å². The van der Waals surface area contributed by atoms with E-state index in [1.54, 1.807) is 10.4 Å². The molecule has 0 aromatic heterocycles. The zero-order valence-corrected chi connectivity index (χ0v) is 23.3. The van der Waals surface area contributed by atoms with E-state index < -0.39 is 16.1 Å². The second kappa shape index (κ2) is 8.70. The van der Waals surface area contributed by atoms with Crippen LogP contribution in [0.1, 0.15) is 11.1 Å². The molecule has 2 aliphatic rings. The molecule has 5 heteroatoms. The summed E-state index contributed by atoms with van der Waals surface area (Å²) in [5.74, 6) is 0. The minimum Gasteiger partial charge on any atom is -0.147 e. The average Bonchev–Trinajstić information content (AvgIpc) is 2.77. The Kier molecular flexibility index (Phi) is 8.77. The van der Waals surface area contributed by atoms with Gasteiger partial charge in [0.25, 0.3) is 0 Å². The third kappa shape index (κ3) is 4.78. The first kappa shape index (κ1) is 26.2. The molecular formula is C21H31Cl2Si2Zr-. The molecule has 0 atom stereocenters. The van der Waals surface area contributed by atoms with Crippen molar-refractivity contribution in [3.63, 3.8) is 0 Å². The van der Waals surface area contributed by atoms with E-state index in [1.165, 1.54) is 33.0 Å². The first-order chi connectivity index (χ1) is 10.5. The quantitative estimate of drug-likeness (QED) is 0.289. The predicted octanol–water partition coefficient (Wildman–Crippen LogP) is 6.21. The molecule has 0 aliphatic heterocycles. The van der Waals surface area contributed by atoms with E-state index in [1.807, 2.05) is 0 Å². The molecule has 0 saturated carbocycles. The summed E-state index contributed by atoms with van der Waals surface area (Å²) in [6.07, 6.45) is 0. The molecule has 0 nitrogen and oxygen atoms in total. The number of halogens is 2. The van der Waals surface area contributed by atoms with Crippen molar-refractivity contribution in [2.45, 2.75) is 53.1 Å². The zero-order valence-electron chi connectivity index (χ0n) is 17.2. The van der Waals surface area contributed by atoms with Crippen LogP contribution in [0, 0.1) is 13.8 Å². The van der Waals surface area contributed by atoms with E-state index in [2.05, 4.69) is 83.5 Å². The van der Waals surface area contributed by atoms with E-state index in [4.69, 9.17) is 0 Å². The van der Waals surface area contributed by atoms with Crippen LogP contribution >= 0.6 is 24.8 Å². The molecular weight excluding hydrogens is 471 g/mol. The van der Waals surface area contributed by atoms with Gasteiger partial charge in [-0.15, -0.1) is 64.9 Å². The molecule has 0 spiro atoms. The van der Waals surface area contributed by atoms with Gasteiger partial charge in [-0.1, -0.05) is 79.9 Å². The molecule has 2 aliphatic carbocycles. The van der Waals surface area contributed by atoms with Crippen molar-refractivity contribution in [2.24, 2.45) is 0 Å². The molecule has 1 aromatic carbocycles. The fourth-order valence-electron chi connectivity index (χ4n) is 3.44. The fraction of sp³-hybridized carbons (Fsp3) is 0.381. The Bertz CT molecular complexity index is 870. The van der Waals surface area contributed by atoms with Crippen molar-refractivity contribution in [2.75, 3.05) is 0 Å². The van der Waals surface area contributed by atoms with Crippen LogP contribution in [0.15, 0.2) is 30.3 Å². The topological polar surface area (TPSA) is 0 Å². The van der Waals surface area contributed by atoms with Crippen molar-refractivity contribution < 1.29 is 26.2 Å². The van der Waals surface area contributed by atoms with Crippen LogP contribution in [-0.2, 0) is 26.2 Å². The summed E-state index contributed by atoms with van der Waals surface area (Å²) < 4.78 is 0. The van der Waals surface area contributed by atoms with Gasteiger partial charge < -0.3 is 0 Å². The molecule has 0 saturated heterocycles. The number of hydrogen-bond acceptors (Lipinski definition) is 0. The summed E-state index contributed by atoms with van der Waals surface area (Å²) in [6, 6.07) is 12.3. The van der Waals surface area contributed by atoms with E-state index in [0.29, 0.717) is 0 Å². The average molecular weight is 502 g/mol. The smallest absolute Gasteiger partial charge is 0.0775 e. The molecule has 0 amide bonds. The van der Waals surface area contributed by atoms with Crippen LogP contribution in [0.5, 0.6) is 0 Å². The van der Waals surface area contributed by atoms with Gasteiger partial charge in [-0.25, -0.2) is 0 Å². The fourth-order valence-corrected chi connectivity index (χ4v) is 5.89. The molecule has 0 unspecified atom stereocenters. The van der Waals surface area contributed by atoms with Crippen LogP contribution in [-0.4, -0.2) is 16.1 Å². The zero-order chi connectivity index (χ0) is 17.2. The van der Waals surface area contributed by atoms with Gasteiger partial charge in [0, 0.05) is 34.3 Å². The molecule has 0 fully saturated rings. The number of aryl methyl sites for hydroxylation is 2. The molecule has 142 valence electrons. The SMILES string of the molecule is Cc1cc([Si](C)(C)C)cc2c3cc([Si](C)(C)C)c[c-](C)c-3cc12.Cl.Cl.[Zr]. The van der Waals surface area contributed by atoms with Gasteiger partial charge >= 0.3 is 0 Å². The van der Waals surface area contributed by atoms with Gasteiger partial charge in [-0.3, -0.25) is 0 Å². The molecule has 0 radical (unpaired) electrons. The molecule has 0 heterocycles. The maximum atomic E-state index is 2.49. The molecule has 0 bridgehead atoms. The van der Waals surface area contributed by atoms with Crippen LogP contribution in [0.25, 0.3) is 21.9 Å². The van der Waals surface area contributed by atoms with Gasteiger partial charge in [0.15, 0.2) is 0 Å². The van der Waals surface area contributed by atoms with Crippen molar-refractivity contribution >= 4 is 62.1 Å². The minimum absolute atomic E-state index is 0. The summed E-state index contributed by atoms with van der Waals surface area (Å²) >= 11 is 0. The number of fused-ring (bicyclic) bond motifs is 3. The van der Waals surface area contributed by atoms with Crippen LogP contribution < -0.4 is 10.4 Å². The summed E-state index contributed by atoms with van der Waals surface area (Å²) in [6.45, 7) is 19.2. The first-order valence-corrected chi connectivity index (χ1v) is 15.6. The second-order valence-corrected chi connectivity index (χ2v) is 19.3. The Morgan fingerprint density at radius 3 is 1.77 bits per heavy atom. The maximum absolute atomic E-state index is 2.49. The third-order valence-electron chi connectivity index (χ3n) is 5.08. The Morgan fingerprint density at radius 1 is 0.731 bits per heavy atom. The largest absolute Gasteiger partial charge is 0.147 e. The summed E-state index contributed by atoms with van der Waals surface area (Å²) in [5.41, 5.74) is 5.79. The monoisotopic (exact) mass is 499 g/mol. The minimum atomic E-state index is -1.30. The van der Waals surface area contributed by atoms with Gasteiger partial charge in [0.2, 0.25) is 0 Å². The third-order valence-corrected chi connectivity index (χ3v) is 9.13. The Hall–Kier alpha value is 0.207. The van der Waals surface area contributed by atoms with Crippen molar-refractivity contribution in [3.8, 4) is 11.1 Å². The summed E-state index contributed by atoms with van der Waals surface area (Å²) in [7, 11) is -2.60. The van der Waals surface area contributed by atoms with E-state index in [9.17, 15) is 0 Å². The molecule has 1 aromatic rings. The van der Waals surface area contributed by atoms with Gasteiger partial charge in [-0.2, -0.15) is 0 Å². The Morgan fingerprint density at radius 2 is 1.27 bits per heavy atom. The molecule has 26 heavy (non-hydrogen) atoms. The Labute approximate surface area is 192 Å². The number of rotatable bonds is 2. The standard InChI is InChI=1S/C21H29Si2.2ClH.Zr/c1-14-9-16(22(3,4)5)11-20-18(14)13-19-15(2)10-17(12-21(19)20)23(6,7)8;;;/h9-13H,1-8H3;2*1H;/q-1;;;. The van der Waals surface area contributed by atoms with Gasteiger partial charge in [-0.05, 0) is 6.92 Å². The molecule has 0 N–H and O–H groups in total. The van der Waals surface area contributed by atoms with Gasteiger partial charge in [0.1, 0.15) is 0 Å². The normalized spacial score (nSPS) is 11.7. The first-order valence-electron chi connectivity index (χ1n) is 8.64. The van der Waals surface area contributed by atoms with Crippen LogP contribution in [0.2, 0.25) is 39.3 Å². The summed E-state index contributed by atoms with van der Waals surface area (Å²) in [4.78, 5) is 0. The molecule has 3 rings (SSSR count). The Balaban J connectivity index is 0.00000208. The van der Waals surface area contributed by atoms with Crippen molar-refractivity contribution in [1.29, 1.82) is 0 Å². The van der Waals surface area contributed by atoms with E-state index in [-0.39, 0.29) is 51.0 Å². The van der Waals surface area contributed by atoms with E-state index >= 15 is 0 Å².